The van der Waals surface area contributed by atoms with Gasteiger partial charge in [0.15, 0.2) is 5.65 Å². The Bertz CT molecular complexity index is 928. The summed E-state index contributed by atoms with van der Waals surface area (Å²) in [5, 5.41) is 2.52. The third-order valence-corrected chi connectivity index (χ3v) is 3.52. The van der Waals surface area contributed by atoms with Crippen LogP contribution in [0.2, 0.25) is 0 Å². The second-order valence-electron chi connectivity index (χ2n) is 6.94. The maximum Gasteiger partial charge on any atom is 0.407 e. The minimum Gasteiger partial charge on any atom is -0.444 e. The van der Waals surface area contributed by atoms with Crippen molar-refractivity contribution in [3.05, 3.63) is 16.8 Å². The van der Waals surface area contributed by atoms with E-state index in [1.807, 2.05) is 0 Å². The van der Waals surface area contributed by atoms with Crippen LogP contribution in [0.3, 0.4) is 0 Å². The maximum absolute atomic E-state index is 12.5. The highest BCUT2D eigenvalue weighted by atomic mass is 16.6. The van der Waals surface area contributed by atoms with E-state index in [0.29, 0.717) is 6.29 Å². The van der Waals surface area contributed by atoms with Gasteiger partial charge >= 0.3 is 11.8 Å². The molecule has 4 N–H and O–H groups in total. The number of anilines is 1. The summed E-state index contributed by atoms with van der Waals surface area (Å²) in [6.07, 6.45) is 1.29. The Morgan fingerprint density at radius 3 is 2.79 bits per heavy atom. The summed E-state index contributed by atoms with van der Waals surface area (Å²) in [5.74, 6) is -0.370. The summed E-state index contributed by atoms with van der Waals surface area (Å²) < 4.78 is 6.47. The van der Waals surface area contributed by atoms with Crippen LogP contribution in [0.25, 0.3) is 11.2 Å². The highest BCUT2D eigenvalue weighted by Gasteiger charge is 2.19. The summed E-state index contributed by atoms with van der Waals surface area (Å²) >= 11 is 0. The van der Waals surface area contributed by atoms with Crippen LogP contribution in [-0.4, -0.2) is 67.9 Å². The first kappa shape index (κ1) is 20.9. The quantitative estimate of drug-likeness (QED) is 0.517. The molecule has 12 heteroatoms. The van der Waals surface area contributed by atoms with Gasteiger partial charge in [-0.1, -0.05) is 0 Å². The number of nitrogens with two attached hydrogens (primary N) is 1. The van der Waals surface area contributed by atoms with E-state index in [1.54, 1.807) is 20.8 Å². The van der Waals surface area contributed by atoms with Crippen LogP contribution < -0.4 is 16.7 Å². The molecule has 2 rings (SSSR count). The van der Waals surface area contributed by atoms with Crippen molar-refractivity contribution in [3.63, 3.8) is 0 Å². The minimum atomic E-state index is -0.662. The monoisotopic (exact) mass is 393 g/mol. The van der Waals surface area contributed by atoms with Crippen molar-refractivity contribution in [2.75, 3.05) is 25.4 Å². The minimum absolute atomic E-state index is 0.0486. The lowest BCUT2D eigenvalue weighted by atomic mass is 10.2. The predicted octanol–water partition coefficient (Wildman–Crippen LogP) is -0.746. The SMILES string of the molecule is CC(C)(C)OC(=O)NCCN(CC=O)C(=O)Cn1cnc2c(N)[nH]c(=O)nc21. The Morgan fingerprint density at radius 1 is 1.43 bits per heavy atom. The molecule has 0 unspecified atom stereocenters. The molecule has 0 aliphatic carbocycles. The molecule has 0 aliphatic rings. The molecule has 0 fully saturated rings. The number of aldehydes is 1. The Morgan fingerprint density at radius 2 is 2.14 bits per heavy atom. The highest BCUT2D eigenvalue weighted by Crippen LogP contribution is 2.13. The molecule has 0 aliphatic heterocycles. The summed E-state index contributed by atoms with van der Waals surface area (Å²) in [5.41, 5.74) is 4.80. The molecule has 0 atom stereocenters. The van der Waals surface area contributed by atoms with Crippen molar-refractivity contribution in [1.82, 2.24) is 29.7 Å². The number of fused-ring (bicyclic) bond motifs is 1. The number of carbonyl (C=O) groups excluding carboxylic acids is 3. The molecular formula is C16H23N7O5. The summed E-state index contributed by atoms with van der Waals surface area (Å²) in [4.78, 5) is 58.0. The molecule has 2 amide bonds. The second-order valence-corrected chi connectivity index (χ2v) is 6.94. The lowest BCUT2D eigenvalue weighted by Gasteiger charge is -2.22. The topological polar surface area (TPSA) is 165 Å². The number of hydrogen-bond acceptors (Lipinski definition) is 8. The van der Waals surface area contributed by atoms with Gasteiger partial charge in [-0.25, -0.2) is 14.6 Å². The van der Waals surface area contributed by atoms with Gasteiger partial charge in [0.1, 0.15) is 29.8 Å². The molecular weight excluding hydrogens is 370 g/mol. The molecule has 0 saturated heterocycles. The zero-order valence-corrected chi connectivity index (χ0v) is 15.9. The normalized spacial score (nSPS) is 11.2. The second kappa shape index (κ2) is 8.50. The van der Waals surface area contributed by atoms with E-state index >= 15 is 0 Å². The fourth-order valence-electron chi connectivity index (χ4n) is 2.36. The van der Waals surface area contributed by atoms with E-state index in [9.17, 15) is 19.2 Å². The number of carbonyl (C=O) groups is 3. The third-order valence-electron chi connectivity index (χ3n) is 3.52. The van der Waals surface area contributed by atoms with Gasteiger partial charge in [0.2, 0.25) is 5.91 Å². The number of nitrogen functional groups attached to an aromatic ring is 1. The van der Waals surface area contributed by atoms with Gasteiger partial charge in [0.25, 0.3) is 0 Å². The zero-order valence-electron chi connectivity index (χ0n) is 15.9. The van der Waals surface area contributed by atoms with Crippen molar-refractivity contribution in [2.24, 2.45) is 0 Å². The number of ether oxygens (including phenoxy) is 1. The predicted molar refractivity (Wildman–Crippen MR) is 99.4 cm³/mol. The van der Waals surface area contributed by atoms with E-state index < -0.39 is 23.3 Å². The molecule has 12 nitrogen and oxygen atoms in total. The van der Waals surface area contributed by atoms with Gasteiger partial charge in [-0.15, -0.1) is 0 Å². The first-order valence-electron chi connectivity index (χ1n) is 8.49. The molecule has 0 bridgehead atoms. The molecule has 2 aromatic heterocycles. The van der Waals surface area contributed by atoms with E-state index in [0.717, 1.165) is 0 Å². The van der Waals surface area contributed by atoms with Crippen molar-refractivity contribution in [3.8, 4) is 0 Å². The van der Waals surface area contributed by atoms with Crippen LogP contribution in [0.5, 0.6) is 0 Å². The number of hydrogen-bond donors (Lipinski definition) is 3. The van der Waals surface area contributed by atoms with Crippen molar-refractivity contribution < 1.29 is 19.1 Å². The average Bonchev–Trinajstić information content (AvgIpc) is 2.95. The van der Waals surface area contributed by atoms with Crippen LogP contribution in [0.1, 0.15) is 20.8 Å². The molecule has 0 saturated carbocycles. The molecule has 2 heterocycles. The largest absolute Gasteiger partial charge is 0.444 e. The van der Waals surface area contributed by atoms with Crippen LogP contribution in [0, 0.1) is 0 Å². The number of aromatic nitrogens is 4. The fourth-order valence-corrected chi connectivity index (χ4v) is 2.36. The van der Waals surface area contributed by atoms with Gasteiger partial charge in [-0.2, -0.15) is 4.98 Å². The molecule has 2 aromatic rings. The third kappa shape index (κ3) is 5.53. The highest BCUT2D eigenvalue weighted by molar-refractivity contribution is 5.84. The first-order chi connectivity index (χ1) is 13.1. The number of nitrogens with one attached hydrogen (secondary N) is 2. The Balaban J connectivity index is 2.02. The van der Waals surface area contributed by atoms with Gasteiger partial charge in [0, 0.05) is 13.1 Å². The molecule has 0 spiro atoms. The lowest BCUT2D eigenvalue weighted by Crippen LogP contribution is -2.42. The van der Waals surface area contributed by atoms with E-state index in [-0.39, 0.29) is 43.2 Å². The van der Waals surface area contributed by atoms with Crippen molar-refractivity contribution in [1.29, 1.82) is 0 Å². The number of imidazole rings is 1. The number of amides is 2. The van der Waals surface area contributed by atoms with E-state index in [2.05, 4.69) is 20.3 Å². The van der Waals surface area contributed by atoms with Crippen molar-refractivity contribution >= 4 is 35.3 Å². The summed E-state index contributed by atoms with van der Waals surface area (Å²) in [7, 11) is 0. The summed E-state index contributed by atoms with van der Waals surface area (Å²) in [6.45, 7) is 5.04. The first-order valence-corrected chi connectivity index (χ1v) is 8.49. The van der Waals surface area contributed by atoms with Crippen LogP contribution in [0.15, 0.2) is 11.1 Å². The maximum atomic E-state index is 12.5. The van der Waals surface area contributed by atoms with Crippen LogP contribution >= 0.6 is 0 Å². The lowest BCUT2D eigenvalue weighted by molar-refractivity contribution is -0.133. The van der Waals surface area contributed by atoms with Crippen molar-refractivity contribution in [2.45, 2.75) is 32.9 Å². The van der Waals surface area contributed by atoms with Gasteiger partial charge in [-0.05, 0) is 20.8 Å². The van der Waals surface area contributed by atoms with Crippen LogP contribution in [-0.2, 0) is 20.9 Å². The van der Waals surface area contributed by atoms with Gasteiger partial charge < -0.3 is 30.0 Å². The molecule has 0 aromatic carbocycles. The molecule has 28 heavy (non-hydrogen) atoms. The Kier molecular flexibility index (Phi) is 6.33. The molecule has 0 radical (unpaired) electrons. The number of H-pyrrole nitrogens is 1. The number of nitrogens with zero attached hydrogens (tertiary/aromatic N) is 4. The van der Waals surface area contributed by atoms with E-state index in [4.69, 9.17) is 10.5 Å². The number of rotatable bonds is 7. The Hall–Kier alpha value is -3.44. The summed E-state index contributed by atoms with van der Waals surface area (Å²) in [6, 6.07) is 0. The van der Waals surface area contributed by atoms with Gasteiger partial charge in [0.05, 0.1) is 12.9 Å². The Labute approximate surface area is 160 Å². The smallest absolute Gasteiger partial charge is 0.407 e. The van der Waals surface area contributed by atoms with Gasteiger partial charge in [-0.3, -0.25) is 9.78 Å². The standard InChI is InChI=1S/C16H23N7O5/c1-16(2,3)28-15(27)18-4-5-22(6-7-24)10(25)8-23-9-19-11-12(17)20-14(26)21-13(11)23/h7,9H,4-6,8H2,1-3H3,(H,18,27)(H3,17,20,21,26). The van der Waals surface area contributed by atoms with Crippen LogP contribution in [0.4, 0.5) is 10.6 Å². The zero-order chi connectivity index (χ0) is 20.9. The average molecular weight is 393 g/mol. The number of aromatic amines is 1. The van der Waals surface area contributed by atoms with E-state index in [1.165, 1.54) is 15.8 Å². The number of alkyl carbamates (subject to hydrolysis) is 1. The molecule has 152 valence electrons. The fraction of sp³-hybridized carbons (Fsp3) is 0.500.